The largest absolute Gasteiger partial charge is 0.322 e. The summed E-state index contributed by atoms with van der Waals surface area (Å²) in [6.07, 6.45) is 0. The Labute approximate surface area is 188 Å². The average Bonchev–Trinajstić information content (AvgIpc) is 2.70. The van der Waals surface area contributed by atoms with Crippen LogP contribution < -0.4 is 10.0 Å². The summed E-state index contributed by atoms with van der Waals surface area (Å²) < 4.78 is 28.2. The molecule has 2 N–H and O–H groups in total. The van der Waals surface area contributed by atoms with E-state index in [0.29, 0.717) is 5.56 Å². The standard InChI is InChI=1S/C20H15Cl2N3O5S/c1-12-6-8-14(23-20(26)15-9-7-13(21)10-18(15)25(27)28)11-19(12)31(29,30)24-17-5-3-2-4-16(17)22/h2-11,24H,1H3,(H,23,26). The molecular weight excluding hydrogens is 465 g/mol. The Hall–Kier alpha value is -3.14. The van der Waals surface area contributed by atoms with E-state index in [4.69, 9.17) is 23.2 Å². The van der Waals surface area contributed by atoms with E-state index in [1.165, 1.54) is 36.4 Å². The van der Waals surface area contributed by atoms with Crippen molar-refractivity contribution in [2.45, 2.75) is 11.8 Å². The number of anilines is 2. The van der Waals surface area contributed by atoms with E-state index in [-0.39, 0.29) is 31.9 Å². The van der Waals surface area contributed by atoms with Crippen LogP contribution in [0.4, 0.5) is 17.1 Å². The van der Waals surface area contributed by atoms with Crippen LogP contribution in [0, 0.1) is 17.0 Å². The molecule has 0 atom stereocenters. The lowest BCUT2D eigenvalue weighted by molar-refractivity contribution is -0.385. The number of nitro groups is 1. The van der Waals surface area contributed by atoms with Gasteiger partial charge in [-0.1, -0.05) is 41.4 Å². The summed E-state index contributed by atoms with van der Waals surface area (Å²) in [5, 5.41) is 14.0. The fourth-order valence-corrected chi connectivity index (χ4v) is 4.51. The molecule has 0 heterocycles. The molecular formula is C20H15Cl2N3O5S. The molecule has 0 bridgehead atoms. The highest BCUT2D eigenvalue weighted by Crippen LogP contribution is 2.28. The highest BCUT2D eigenvalue weighted by Gasteiger charge is 2.23. The van der Waals surface area contributed by atoms with Crippen LogP contribution in [0.3, 0.4) is 0 Å². The summed E-state index contributed by atoms with van der Waals surface area (Å²) in [7, 11) is -4.03. The lowest BCUT2D eigenvalue weighted by atomic mass is 10.1. The Kier molecular flexibility index (Phi) is 6.49. The van der Waals surface area contributed by atoms with Gasteiger partial charge in [0, 0.05) is 16.8 Å². The molecule has 3 aromatic rings. The quantitative estimate of drug-likeness (QED) is 0.368. The normalized spacial score (nSPS) is 11.1. The van der Waals surface area contributed by atoms with Crippen LogP contribution in [0.2, 0.25) is 10.0 Å². The van der Waals surface area contributed by atoms with Crippen molar-refractivity contribution in [3.8, 4) is 0 Å². The second kappa shape index (κ2) is 8.93. The summed E-state index contributed by atoms with van der Waals surface area (Å²) in [6.45, 7) is 1.59. The maximum absolute atomic E-state index is 12.9. The molecule has 1 amide bonds. The van der Waals surface area contributed by atoms with Gasteiger partial charge in [-0.05, 0) is 48.9 Å². The third-order valence-electron chi connectivity index (χ3n) is 4.25. The molecule has 0 aromatic heterocycles. The number of sulfonamides is 1. The molecule has 0 aliphatic carbocycles. The Balaban J connectivity index is 1.92. The Morgan fingerprint density at radius 2 is 1.74 bits per heavy atom. The third kappa shape index (κ3) is 5.13. The fourth-order valence-electron chi connectivity index (χ4n) is 2.76. The fraction of sp³-hybridized carbons (Fsp3) is 0.0500. The monoisotopic (exact) mass is 479 g/mol. The van der Waals surface area contributed by atoms with Crippen LogP contribution in [0.1, 0.15) is 15.9 Å². The van der Waals surface area contributed by atoms with Crippen LogP contribution in [-0.4, -0.2) is 19.2 Å². The lowest BCUT2D eigenvalue weighted by Crippen LogP contribution is -2.17. The minimum Gasteiger partial charge on any atom is -0.322 e. The first-order valence-corrected chi connectivity index (χ1v) is 11.0. The van der Waals surface area contributed by atoms with Gasteiger partial charge in [-0.2, -0.15) is 0 Å². The van der Waals surface area contributed by atoms with Crippen LogP contribution in [0.15, 0.2) is 65.6 Å². The predicted molar refractivity (Wildman–Crippen MR) is 119 cm³/mol. The molecule has 0 radical (unpaired) electrons. The molecule has 0 saturated heterocycles. The van der Waals surface area contributed by atoms with Crippen molar-refractivity contribution in [2.24, 2.45) is 0 Å². The Morgan fingerprint density at radius 1 is 1.03 bits per heavy atom. The molecule has 3 aromatic carbocycles. The van der Waals surface area contributed by atoms with E-state index in [9.17, 15) is 23.3 Å². The summed E-state index contributed by atoms with van der Waals surface area (Å²) >= 11 is 11.8. The van der Waals surface area contributed by atoms with Gasteiger partial charge in [-0.25, -0.2) is 8.42 Å². The maximum atomic E-state index is 12.9. The maximum Gasteiger partial charge on any atom is 0.283 e. The highest BCUT2D eigenvalue weighted by atomic mass is 35.5. The van der Waals surface area contributed by atoms with Crippen LogP contribution >= 0.6 is 23.2 Å². The number of nitro benzene ring substituents is 1. The van der Waals surface area contributed by atoms with Gasteiger partial charge in [0.1, 0.15) is 5.56 Å². The molecule has 160 valence electrons. The zero-order valence-corrected chi connectivity index (χ0v) is 18.3. The third-order valence-corrected chi connectivity index (χ3v) is 6.33. The molecule has 0 saturated carbocycles. The number of halogens is 2. The zero-order chi connectivity index (χ0) is 22.8. The molecule has 0 aliphatic heterocycles. The summed E-state index contributed by atoms with van der Waals surface area (Å²) in [5.41, 5.74) is 0.0862. The summed E-state index contributed by atoms with van der Waals surface area (Å²) in [5.74, 6) is -0.783. The van der Waals surface area contributed by atoms with Crippen molar-refractivity contribution in [1.82, 2.24) is 0 Å². The van der Waals surface area contributed by atoms with E-state index in [0.717, 1.165) is 6.07 Å². The van der Waals surface area contributed by atoms with Crippen LogP contribution in [-0.2, 0) is 10.0 Å². The van der Waals surface area contributed by atoms with Crippen molar-refractivity contribution in [3.05, 3.63) is 92.0 Å². The molecule has 11 heteroatoms. The van der Waals surface area contributed by atoms with E-state index in [2.05, 4.69) is 10.0 Å². The minimum absolute atomic E-state index is 0.0872. The average molecular weight is 480 g/mol. The van der Waals surface area contributed by atoms with Crippen molar-refractivity contribution < 1.29 is 18.1 Å². The van der Waals surface area contributed by atoms with Gasteiger partial charge in [-0.15, -0.1) is 0 Å². The Bertz CT molecular complexity index is 1300. The van der Waals surface area contributed by atoms with Crippen molar-refractivity contribution in [3.63, 3.8) is 0 Å². The van der Waals surface area contributed by atoms with Gasteiger partial charge in [0.15, 0.2) is 0 Å². The van der Waals surface area contributed by atoms with Gasteiger partial charge in [-0.3, -0.25) is 19.6 Å². The molecule has 0 spiro atoms. The number of aryl methyl sites for hydroxylation is 1. The SMILES string of the molecule is Cc1ccc(NC(=O)c2ccc(Cl)cc2[N+](=O)[O-])cc1S(=O)(=O)Nc1ccccc1Cl. The topological polar surface area (TPSA) is 118 Å². The predicted octanol–water partition coefficient (Wildman–Crippen LogP) is 5.26. The second-order valence-electron chi connectivity index (χ2n) is 6.44. The number of benzene rings is 3. The van der Waals surface area contributed by atoms with Crippen molar-refractivity contribution in [2.75, 3.05) is 10.0 Å². The Morgan fingerprint density at radius 3 is 2.42 bits per heavy atom. The van der Waals surface area contributed by atoms with Crippen molar-refractivity contribution >= 4 is 56.2 Å². The number of hydrogen-bond acceptors (Lipinski definition) is 5. The molecule has 31 heavy (non-hydrogen) atoms. The first kappa shape index (κ1) is 22.5. The molecule has 0 unspecified atom stereocenters. The summed E-state index contributed by atoms with van der Waals surface area (Å²) in [6, 6.07) is 14.2. The number of rotatable bonds is 6. The van der Waals surface area contributed by atoms with Gasteiger partial charge < -0.3 is 5.32 Å². The zero-order valence-electron chi connectivity index (χ0n) is 15.9. The number of carbonyl (C=O) groups excluding carboxylic acids is 1. The van der Waals surface area contributed by atoms with Gasteiger partial charge in [0.25, 0.3) is 21.6 Å². The van der Waals surface area contributed by atoms with Gasteiger partial charge >= 0.3 is 0 Å². The highest BCUT2D eigenvalue weighted by molar-refractivity contribution is 7.92. The van der Waals surface area contributed by atoms with Crippen molar-refractivity contribution in [1.29, 1.82) is 0 Å². The molecule has 0 aliphatic rings. The van der Waals surface area contributed by atoms with Crippen LogP contribution in [0.5, 0.6) is 0 Å². The number of nitrogens with zero attached hydrogens (tertiary/aromatic N) is 1. The van der Waals surface area contributed by atoms with E-state index in [1.807, 2.05) is 0 Å². The number of hydrogen-bond donors (Lipinski definition) is 2. The number of amides is 1. The second-order valence-corrected chi connectivity index (χ2v) is 8.93. The molecule has 8 nitrogen and oxygen atoms in total. The number of para-hydroxylation sites is 1. The smallest absolute Gasteiger partial charge is 0.283 e. The van der Waals surface area contributed by atoms with Crippen LogP contribution in [0.25, 0.3) is 0 Å². The molecule has 0 fully saturated rings. The first-order chi connectivity index (χ1) is 14.6. The van der Waals surface area contributed by atoms with E-state index >= 15 is 0 Å². The number of carbonyl (C=O) groups is 1. The first-order valence-electron chi connectivity index (χ1n) is 8.72. The summed E-state index contributed by atoms with van der Waals surface area (Å²) in [4.78, 5) is 23.0. The van der Waals surface area contributed by atoms with E-state index in [1.54, 1.807) is 25.1 Å². The van der Waals surface area contributed by atoms with Gasteiger partial charge in [0.2, 0.25) is 0 Å². The lowest BCUT2D eigenvalue weighted by Gasteiger charge is -2.13. The molecule has 3 rings (SSSR count). The minimum atomic E-state index is -4.03. The van der Waals surface area contributed by atoms with Gasteiger partial charge in [0.05, 0.1) is 20.5 Å². The number of nitrogens with one attached hydrogen (secondary N) is 2. The van der Waals surface area contributed by atoms with E-state index < -0.39 is 26.5 Å².